The van der Waals surface area contributed by atoms with E-state index in [9.17, 15) is 14.9 Å². The van der Waals surface area contributed by atoms with E-state index in [0.29, 0.717) is 11.4 Å². The second-order valence-electron chi connectivity index (χ2n) is 7.12. The fourth-order valence-electron chi connectivity index (χ4n) is 3.50. The van der Waals surface area contributed by atoms with Gasteiger partial charge in [0.1, 0.15) is 23.1 Å². The fraction of sp³-hybridized carbons (Fsp3) is 0.0800. The van der Waals surface area contributed by atoms with Crippen molar-refractivity contribution in [2.75, 3.05) is 7.11 Å². The summed E-state index contributed by atoms with van der Waals surface area (Å²) in [5, 5.41) is 19.9. The van der Waals surface area contributed by atoms with E-state index in [0.717, 1.165) is 21.0 Å². The molecule has 4 aromatic rings. The molecule has 0 bridgehead atoms. The van der Waals surface area contributed by atoms with Crippen LogP contribution in [0.2, 0.25) is 0 Å². The average Bonchev–Trinajstić information content (AvgIpc) is 2.84. The number of rotatable bonds is 5. The van der Waals surface area contributed by atoms with E-state index in [1.54, 1.807) is 24.3 Å². The third-order valence-corrected chi connectivity index (χ3v) is 5.17. The van der Waals surface area contributed by atoms with E-state index < -0.39 is 11.5 Å². The van der Waals surface area contributed by atoms with Crippen LogP contribution in [-0.2, 0) is 0 Å². The largest absolute Gasteiger partial charge is 0.494 e. The van der Waals surface area contributed by atoms with Gasteiger partial charge in [-0.2, -0.15) is 20.1 Å². The number of carbonyl (C=O) groups excluding carboxylic acids is 1. The van der Waals surface area contributed by atoms with Crippen molar-refractivity contribution in [1.29, 1.82) is 5.26 Å². The zero-order valence-corrected chi connectivity index (χ0v) is 17.9. The van der Waals surface area contributed by atoms with Crippen LogP contribution in [0.5, 0.6) is 5.75 Å². The van der Waals surface area contributed by atoms with E-state index in [2.05, 4.69) is 15.6 Å². The maximum Gasteiger partial charge on any atom is 0.292 e. The van der Waals surface area contributed by atoms with E-state index in [-0.39, 0.29) is 16.8 Å². The Hall–Kier alpha value is -4.77. The molecule has 1 aromatic heterocycles. The number of benzene rings is 3. The van der Waals surface area contributed by atoms with Crippen LogP contribution in [0.1, 0.15) is 27.2 Å². The first-order chi connectivity index (χ1) is 16.0. The standard InChI is InChI=1S/C25H19N5O3/c1-16-20(14-26)25(32)30(21-12-5-6-13-22(21)33-2)29-23(16)24(31)28-27-15-18-10-7-9-17-8-3-4-11-19(17)18/h3-13,15H,1-2H3,(H,28,31)/b27-15+. The predicted molar refractivity (Wildman–Crippen MR) is 125 cm³/mol. The quantitative estimate of drug-likeness (QED) is 0.380. The maximum absolute atomic E-state index is 12.9. The molecule has 0 saturated heterocycles. The summed E-state index contributed by atoms with van der Waals surface area (Å²) in [5.41, 5.74) is 2.84. The van der Waals surface area contributed by atoms with E-state index in [4.69, 9.17) is 4.74 Å². The first-order valence-corrected chi connectivity index (χ1v) is 10.0. The van der Waals surface area contributed by atoms with Gasteiger partial charge in [0.25, 0.3) is 11.5 Å². The van der Waals surface area contributed by atoms with Gasteiger partial charge in [0.2, 0.25) is 0 Å². The Kier molecular flexibility index (Phi) is 5.96. The fourth-order valence-corrected chi connectivity index (χ4v) is 3.50. The van der Waals surface area contributed by atoms with E-state index in [1.165, 1.54) is 20.2 Å². The van der Waals surface area contributed by atoms with Gasteiger partial charge < -0.3 is 4.74 Å². The number of hydrogen-bond donors (Lipinski definition) is 1. The molecule has 1 heterocycles. The van der Waals surface area contributed by atoms with Crippen molar-refractivity contribution in [1.82, 2.24) is 15.2 Å². The lowest BCUT2D eigenvalue weighted by atomic mass is 10.1. The Morgan fingerprint density at radius 1 is 1.12 bits per heavy atom. The molecule has 0 aliphatic heterocycles. The molecule has 162 valence electrons. The van der Waals surface area contributed by atoms with Gasteiger partial charge in [0.05, 0.1) is 13.3 Å². The Morgan fingerprint density at radius 2 is 1.85 bits per heavy atom. The number of para-hydroxylation sites is 2. The van der Waals surface area contributed by atoms with Gasteiger partial charge in [-0.25, -0.2) is 5.43 Å². The van der Waals surface area contributed by atoms with Crippen molar-refractivity contribution < 1.29 is 9.53 Å². The smallest absolute Gasteiger partial charge is 0.292 e. The third-order valence-electron chi connectivity index (χ3n) is 5.17. The van der Waals surface area contributed by atoms with Crippen LogP contribution >= 0.6 is 0 Å². The summed E-state index contributed by atoms with van der Waals surface area (Å²) in [7, 11) is 1.46. The van der Waals surface area contributed by atoms with Crippen LogP contribution in [0.4, 0.5) is 0 Å². The molecule has 8 heteroatoms. The van der Waals surface area contributed by atoms with Crippen LogP contribution in [-0.4, -0.2) is 29.0 Å². The molecule has 1 N–H and O–H groups in total. The van der Waals surface area contributed by atoms with Gasteiger partial charge >= 0.3 is 0 Å². The Balaban J connectivity index is 1.71. The minimum atomic E-state index is -0.649. The van der Waals surface area contributed by atoms with E-state index in [1.807, 2.05) is 48.5 Å². The predicted octanol–water partition coefficient (Wildman–Crippen LogP) is 3.34. The van der Waals surface area contributed by atoms with Gasteiger partial charge in [-0.05, 0) is 29.8 Å². The summed E-state index contributed by atoms with van der Waals surface area (Å²) >= 11 is 0. The third kappa shape index (κ3) is 4.07. The molecular weight excluding hydrogens is 418 g/mol. The second kappa shape index (κ2) is 9.16. The summed E-state index contributed by atoms with van der Waals surface area (Å²) in [6.45, 7) is 1.50. The minimum absolute atomic E-state index is 0.0906. The van der Waals surface area contributed by atoms with Crippen LogP contribution in [0.25, 0.3) is 16.5 Å². The lowest BCUT2D eigenvalue weighted by Crippen LogP contribution is -2.31. The normalized spacial score (nSPS) is 10.8. The number of amides is 1. The molecule has 0 aliphatic carbocycles. The highest BCUT2D eigenvalue weighted by Gasteiger charge is 2.21. The van der Waals surface area contributed by atoms with E-state index >= 15 is 0 Å². The van der Waals surface area contributed by atoms with Crippen LogP contribution in [0, 0.1) is 18.3 Å². The second-order valence-corrected chi connectivity index (χ2v) is 7.12. The van der Waals surface area contributed by atoms with Crippen molar-refractivity contribution in [3.63, 3.8) is 0 Å². The van der Waals surface area contributed by atoms with Crippen molar-refractivity contribution in [2.45, 2.75) is 6.92 Å². The van der Waals surface area contributed by atoms with Gasteiger partial charge in [-0.3, -0.25) is 9.59 Å². The Bertz CT molecular complexity index is 1490. The molecule has 1 amide bonds. The molecular formula is C25H19N5O3. The van der Waals surface area contributed by atoms with Crippen molar-refractivity contribution in [3.8, 4) is 17.5 Å². The molecule has 0 fully saturated rings. The highest BCUT2D eigenvalue weighted by Crippen LogP contribution is 2.21. The van der Waals surface area contributed by atoms with Crippen molar-refractivity contribution >= 4 is 22.9 Å². The number of nitriles is 1. The topological polar surface area (TPSA) is 109 Å². The molecule has 0 aliphatic rings. The van der Waals surface area contributed by atoms with Crippen LogP contribution < -0.4 is 15.7 Å². The summed E-state index contributed by atoms with van der Waals surface area (Å²) in [5.74, 6) is -0.274. The first-order valence-electron chi connectivity index (χ1n) is 10.0. The van der Waals surface area contributed by atoms with Gasteiger partial charge in [0.15, 0.2) is 5.69 Å². The minimum Gasteiger partial charge on any atom is -0.494 e. The van der Waals surface area contributed by atoms with Crippen molar-refractivity contribution in [3.05, 3.63) is 99.5 Å². The highest BCUT2D eigenvalue weighted by atomic mass is 16.5. The molecule has 4 rings (SSSR count). The average molecular weight is 437 g/mol. The number of nitrogens with zero attached hydrogens (tertiary/aromatic N) is 4. The van der Waals surface area contributed by atoms with Gasteiger partial charge in [-0.1, -0.05) is 54.6 Å². The molecule has 0 spiro atoms. The number of fused-ring (bicyclic) bond motifs is 1. The zero-order chi connectivity index (χ0) is 23.4. The lowest BCUT2D eigenvalue weighted by Gasteiger charge is -2.13. The number of aromatic nitrogens is 2. The molecule has 3 aromatic carbocycles. The monoisotopic (exact) mass is 437 g/mol. The maximum atomic E-state index is 12.9. The number of hydrazone groups is 1. The Labute approximate surface area is 189 Å². The summed E-state index contributed by atoms with van der Waals surface area (Å²) in [6, 6.07) is 22.2. The molecule has 0 atom stereocenters. The highest BCUT2D eigenvalue weighted by molar-refractivity contribution is 6.00. The number of methoxy groups -OCH3 is 1. The van der Waals surface area contributed by atoms with Crippen molar-refractivity contribution in [2.24, 2.45) is 5.10 Å². The first kappa shape index (κ1) is 21.5. The molecule has 8 nitrogen and oxygen atoms in total. The SMILES string of the molecule is COc1ccccc1-n1nc(C(=O)N/N=C/c2cccc3ccccc23)c(C)c(C#N)c1=O. The Morgan fingerprint density at radius 3 is 2.64 bits per heavy atom. The molecule has 0 saturated carbocycles. The lowest BCUT2D eigenvalue weighted by molar-refractivity contribution is 0.0947. The van der Waals surface area contributed by atoms with Gasteiger partial charge in [-0.15, -0.1) is 0 Å². The van der Waals surface area contributed by atoms with Crippen LogP contribution in [0.3, 0.4) is 0 Å². The number of nitrogens with one attached hydrogen (secondary N) is 1. The molecule has 0 unspecified atom stereocenters. The molecule has 0 radical (unpaired) electrons. The number of ether oxygens (including phenoxy) is 1. The summed E-state index contributed by atoms with van der Waals surface area (Å²) < 4.78 is 6.29. The summed E-state index contributed by atoms with van der Waals surface area (Å²) in [4.78, 5) is 25.7. The summed E-state index contributed by atoms with van der Waals surface area (Å²) in [6.07, 6.45) is 1.54. The molecule has 33 heavy (non-hydrogen) atoms. The number of carbonyl (C=O) groups is 1. The number of hydrogen-bond acceptors (Lipinski definition) is 6. The van der Waals surface area contributed by atoms with Crippen LogP contribution in [0.15, 0.2) is 76.6 Å². The van der Waals surface area contributed by atoms with Gasteiger partial charge in [0, 0.05) is 11.1 Å². The zero-order valence-electron chi connectivity index (χ0n) is 17.9.